The van der Waals surface area contributed by atoms with Crippen LogP contribution < -0.4 is 0 Å². The van der Waals surface area contributed by atoms with Gasteiger partial charge < -0.3 is 9.84 Å². The molecule has 0 saturated carbocycles. The monoisotopic (exact) mass is 248 g/mol. The lowest BCUT2D eigenvalue weighted by molar-refractivity contribution is -0.159. The molecule has 1 atom stereocenters. The van der Waals surface area contributed by atoms with Crippen molar-refractivity contribution in [2.24, 2.45) is 0 Å². The van der Waals surface area contributed by atoms with E-state index in [0.717, 1.165) is 0 Å². The van der Waals surface area contributed by atoms with E-state index < -0.39 is 11.6 Å². The van der Waals surface area contributed by atoms with Crippen LogP contribution in [-0.4, -0.2) is 17.7 Å². The highest BCUT2D eigenvalue weighted by Gasteiger charge is 2.37. The maximum Gasteiger partial charge on any atom is 0.355 e. The molecule has 0 fully saturated rings. The zero-order valence-corrected chi connectivity index (χ0v) is 10.4. The predicted octanol–water partition coefficient (Wildman–Crippen LogP) is 2.20. The number of benzene rings is 1. The molecule has 0 aliphatic carbocycles. The number of carbonyl (C=O) groups excluding carboxylic acids is 1. The lowest BCUT2D eigenvalue weighted by Crippen LogP contribution is -2.36. The Hall–Kier alpha value is -2.23. The number of esters is 1. The Morgan fingerprint density at radius 3 is 2.61 bits per heavy atom. The lowest BCUT2D eigenvalue weighted by atomic mass is 9.94. The Morgan fingerprint density at radius 1 is 1.39 bits per heavy atom. The molecule has 1 unspecified atom stereocenters. The van der Waals surface area contributed by atoms with E-state index in [2.05, 4.69) is 23.7 Å². The van der Waals surface area contributed by atoms with Crippen molar-refractivity contribution >= 4 is 5.97 Å². The SMILES string of the molecule is CC#CC#CC(O)(C(=O)OCC)c1ccccc1.[HH].[HH].[HH]. The molecule has 0 heterocycles. The smallest absolute Gasteiger partial charge is 0.355 e. The first kappa shape index (κ1) is 13.8. The van der Waals surface area contributed by atoms with Gasteiger partial charge in [-0.15, -0.1) is 0 Å². The van der Waals surface area contributed by atoms with E-state index in [9.17, 15) is 9.90 Å². The summed E-state index contributed by atoms with van der Waals surface area (Å²) in [6, 6.07) is 8.45. The van der Waals surface area contributed by atoms with Crippen LogP contribution in [0.4, 0.5) is 0 Å². The van der Waals surface area contributed by atoms with Crippen LogP contribution in [0.15, 0.2) is 30.3 Å². The van der Waals surface area contributed by atoms with Gasteiger partial charge >= 0.3 is 5.97 Å². The average Bonchev–Trinajstić information content (AvgIpc) is 2.40. The van der Waals surface area contributed by atoms with Crippen LogP contribution in [0, 0.1) is 23.7 Å². The molecule has 0 spiro atoms. The Morgan fingerprint density at radius 2 is 2.06 bits per heavy atom. The number of aliphatic hydroxyl groups is 1. The third-order valence-corrected chi connectivity index (χ3v) is 2.19. The molecule has 98 valence electrons. The minimum absolute atomic E-state index is 0. The summed E-state index contributed by atoms with van der Waals surface area (Å²) >= 11 is 0. The fraction of sp³-hybridized carbons (Fsp3) is 0.267. The third kappa shape index (κ3) is 3.13. The molecular weight excluding hydrogens is 228 g/mol. The highest BCUT2D eigenvalue weighted by atomic mass is 16.5. The van der Waals surface area contributed by atoms with Gasteiger partial charge in [0, 0.05) is 9.84 Å². The van der Waals surface area contributed by atoms with E-state index in [1.807, 2.05) is 0 Å². The van der Waals surface area contributed by atoms with E-state index in [1.165, 1.54) is 0 Å². The first-order chi connectivity index (χ1) is 8.65. The Bertz CT molecular complexity index is 538. The van der Waals surface area contributed by atoms with Gasteiger partial charge in [-0.1, -0.05) is 36.3 Å². The molecule has 0 aliphatic heterocycles. The molecule has 18 heavy (non-hydrogen) atoms. The minimum Gasteiger partial charge on any atom is -0.463 e. The lowest BCUT2D eigenvalue weighted by Gasteiger charge is -2.20. The number of hydrogen-bond donors (Lipinski definition) is 1. The van der Waals surface area contributed by atoms with Gasteiger partial charge in [0.15, 0.2) is 0 Å². The Balaban J connectivity index is -0.00000108. The van der Waals surface area contributed by atoms with Gasteiger partial charge in [0.1, 0.15) is 0 Å². The summed E-state index contributed by atoms with van der Waals surface area (Å²) in [5.74, 6) is 9.18. The molecule has 3 nitrogen and oxygen atoms in total. The van der Waals surface area contributed by atoms with E-state index in [-0.39, 0.29) is 10.9 Å². The quantitative estimate of drug-likeness (QED) is 0.659. The van der Waals surface area contributed by atoms with Crippen LogP contribution in [-0.2, 0) is 15.1 Å². The number of carbonyl (C=O) groups is 1. The van der Waals surface area contributed by atoms with Crippen molar-refractivity contribution in [1.82, 2.24) is 0 Å². The zero-order valence-electron chi connectivity index (χ0n) is 10.4. The van der Waals surface area contributed by atoms with E-state index in [0.29, 0.717) is 5.56 Å². The highest BCUT2D eigenvalue weighted by molar-refractivity contribution is 5.85. The third-order valence-electron chi connectivity index (χ3n) is 2.19. The summed E-state index contributed by atoms with van der Waals surface area (Å²) in [6.45, 7) is 3.47. The van der Waals surface area contributed by atoms with Crippen LogP contribution in [0.25, 0.3) is 0 Å². The average molecular weight is 248 g/mol. The van der Waals surface area contributed by atoms with Crippen LogP contribution in [0.3, 0.4) is 0 Å². The van der Waals surface area contributed by atoms with Crippen molar-refractivity contribution in [2.45, 2.75) is 19.4 Å². The van der Waals surface area contributed by atoms with Crippen LogP contribution in [0.2, 0.25) is 0 Å². The molecular formula is C15H20O3. The summed E-state index contributed by atoms with van der Waals surface area (Å²) < 4.78 is 4.85. The fourth-order valence-corrected chi connectivity index (χ4v) is 1.34. The van der Waals surface area contributed by atoms with E-state index in [1.54, 1.807) is 44.2 Å². The molecule has 0 aliphatic rings. The van der Waals surface area contributed by atoms with Crippen LogP contribution >= 0.6 is 0 Å². The first-order valence-corrected chi connectivity index (χ1v) is 5.54. The van der Waals surface area contributed by atoms with Crippen molar-refractivity contribution in [3.63, 3.8) is 0 Å². The maximum absolute atomic E-state index is 11.8. The van der Waals surface area contributed by atoms with Crippen molar-refractivity contribution in [1.29, 1.82) is 0 Å². The summed E-state index contributed by atoms with van der Waals surface area (Å²) in [5, 5.41) is 10.4. The van der Waals surface area contributed by atoms with Gasteiger partial charge in [-0.25, -0.2) is 4.79 Å². The molecule has 0 saturated heterocycles. The zero-order chi connectivity index (χ0) is 13.4. The minimum atomic E-state index is -1.97. The van der Waals surface area contributed by atoms with Crippen molar-refractivity contribution in [2.75, 3.05) is 6.61 Å². The van der Waals surface area contributed by atoms with Gasteiger partial charge in [0.05, 0.1) is 6.61 Å². The number of ether oxygens (including phenoxy) is 1. The van der Waals surface area contributed by atoms with Gasteiger partial charge in [-0.3, -0.25) is 0 Å². The predicted molar refractivity (Wildman–Crippen MR) is 74.5 cm³/mol. The Kier molecular flexibility index (Phi) is 4.99. The molecule has 0 radical (unpaired) electrons. The molecule has 3 heteroatoms. The molecule has 0 aromatic heterocycles. The molecule has 1 rings (SSSR count). The molecule has 0 bridgehead atoms. The number of hydrogen-bond acceptors (Lipinski definition) is 3. The standard InChI is InChI=1S/C15H14O3.3H2/c1-3-5-9-12-15(17,14(16)18-4-2)13-10-7-6-8-11-13;;;/h6-8,10-11,17H,4H2,1-2H3;3*1H. The molecule has 1 N–H and O–H groups in total. The summed E-state index contributed by atoms with van der Waals surface area (Å²) in [6.07, 6.45) is 0. The second-order valence-electron chi connectivity index (χ2n) is 3.42. The van der Waals surface area contributed by atoms with Crippen LogP contribution in [0.5, 0.6) is 0 Å². The van der Waals surface area contributed by atoms with Gasteiger partial charge in [0.25, 0.3) is 5.60 Å². The first-order valence-electron chi connectivity index (χ1n) is 5.54. The van der Waals surface area contributed by atoms with Crippen molar-refractivity contribution < 1.29 is 18.9 Å². The summed E-state index contributed by atoms with van der Waals surface area (Å²) in [4.78, 5) is 11.8. The normalized spacial score (nSPS) is 12.2. The van der Waals surface area contributed by atoms with E-state index in [4.69, 9.17) is 4.74 Å². The highest BCUT2D eigenvalue weighted by Crippen LogP contribution is 2.21. The molecule has 0 amide bonds. The van der Waals surface area contributed by atoms with Gasteiger partial charge in [-0.05, 0) is 31.6 Å². The second kappa shape index (κ2) is 6.49. The van der Waals surface area contributed by atoms with Gasteiger partial charge in [-0.2, -0.15) is 0 Å². The summed E-state index contributed by atoms with van der Waals surface area (Å²) in [5.41, 5.74) is -1.60. The topological polar surface area (TPSA) is 46.5 Å². The van der Waals surface area contributed by atoms with Crippen LogP contribution in [0.1, 0.15) is 23.7 Å². The second-order valence-corrected chi connectivity index (χ2v) is 3.42. The largest absolute Gasteiger partial charge is 0.463 e. The fourth-order valence-electron chi connectivity index (χ4n) is 1.34. The maximum atomic E-state index is 11.8. The summed E-state index contributed by atoms with van der Waals surface area (Å²) in [7, 11) is 0. The van der Waals surface area contributed by atoms with Gasteiger partial charge in [0.2, 0.25) is 0 Å². The molecule has 1 aromatic rings. The van der Waals surface area contributed by atoms with Crippen molar-refractivity contribution in [3.05, 3.63) is 35.9 Å². The van der Waals surface area contributed by atoms with Crippen molar-refractivity contribution in [3.8, 4) is 23.7 Å². The Labute approximate surface area is 111 Å². The number of rotatable bonds is 3. The molecule has 1 aromatic carbocycles. The van der Waals surface area contributed by atoms with E-state index >= 15 is 0 Å².